The van der Waals surface area contributed by atoms with Gasteiger partial charge in [0.25, 0.3) is 5.69 Å². The van der Waals surface area contributed by atoms with Crippen LogP contribution in [0.4, 0.5) is 5.69 Å². The summed E-state index contributed by atoms with van der Waals surface area (Å²) in [7, 11) is -1.63. The number of esters is 1. The average molecular weight is 344 g/mol. The number of sulfonamides is 1. The fourth-order valence-corrected chi connectivity index (χ4v) is 4.29. The van der Waals surface area contributed by atoms with Crippen molar-refractivity contribution in [1.29, 1.82) is 0 Å². The smallest absolute Gasteiger partial charge is 0.324 e. The van der Waals surface area contributed by atoms with Gasteiger partial charge in [0.05, 0.1) is 25.2 Å². The van der Waals surface area contributed by atoms with E-state index < -0.39 is 27.0 Å². The van der Waals surface area contributed by atoms with Gasteiger partial charge in [0.1, 0.15) is 16.7 Å². The molecule has 1 atom stereocenters. The number of carbonyl (C=O) groups is 1. The van der Waals surface area contributed by atoms with Gasteiger partial charge in [0.15, 0.2) is 0 Å². The molecule has 1 saturated heterocycles. The summed E-state index contributed by atoms with van der Waals surface area (Å²) >= 11 is 0. The predicted molar refractivity (Wildman–Crippen MR) is 78.6 cm³/mol. The maximum Gasteiger partial charge on any atom is 0.324 e. The molecule has 1 aliphatic rings. The molecule has 1 fully saturated rings. The molecule has 0 saturated carbocycles. The quantitative estimate of drug-likeness (QED) is 0.443. The first kappa shape index (κ1) is 17.2. The maximum atomic E-state index is 12.8. The lowest BCUT2D eigenvalue weighted by atomic mass is 10.2. The van der Waals surface area contributed by atoms with Crippen molar-refractivity contribution >= 4 is 21.7 Å². The summed E-state index contributed by atoms with van der Waals surface area (Å²) in [5.41, 5.74) is -0.285. The number of ether oxygens (including phenoxy) is 2. The Balaban J connectivity index is 2.47. The number of nitro groups is 1. The second-order valence-electron chi connectivity index (χ2n) is 4.89. The normalized spacial score (nSPS) is 18.6. The number of rotatable bonds is 5. The number of hydrogen-bond donors (Lipinski definition) is 0. The van der Waals surface area contributed by atoms with E-state index >= 15 is 0 Å². The molecule has 0 bridgehead atoms. The Morgan fingerprint density at radius 1 is 1.39 bits per heavy atom. The van der Waals surface area contributed by atoms with Crippen LogP contribution in [-0.4, -0.2) is 50.4 Å². The number of hydrogen-bond acceptors (Lipinski definition) is 7. The van der Waals surface area contributed by atoms with E-state index in [4.69, 9.17) is 4.74 Å². The molecule has 9 nitrogen and oxygen atoms in total. The molecule has 1 heterocycles. The van der Waals surface area contributed by atoms with E-state index in [1.54, 1.807) is 0 Å². The Morgan fingerprint density at radius 2 is 2.09 bits per heavy atom. The van der Waals surface area contributed by atoms with E-state index in [2.05, 4.69) is 4.74 Å². The zero-order valence-corrected chi connectivity index (χ0v) is 13.4. The van der Waals surface area contributed by atoms with Gasteiger partial charge in [-0.25, -0.2) is 8.42 Å². The fraction of sp³-hybridized carbons (Fsp3) is 0.462. The highest BCUT2D eigenvalue weighted by Gasteiger charge is 2.41. The largest absolute Gasteiger partial charge is 0.495 e. The summed E-state index contributed by atoms with van der Waals surface area (Å²) in [5.74, 6) is -0.776. The summed E-state index contributed by atoms with van der Waals surface area (Å²) in [5, 5.41) is 10.8. The van der Waals surface area contributed by atoms with Crippen molar-refractivity contribution in [2.24, 2.45) is 0 Å². The zero-order valence-electron chi connectivity index (χ0n) is 12.6. The average Bonchev–Trinajstić information content (AvgIpc) is 3.03. The summed E-state index contributed by atoms with van der Waals surface area (Å²) in [4.78, 5) is 21.7. The van der Waals surface area contributed by atoms with Crippen LogP contribution in [-0.2, 0) is 19.6 Å². The molecule has 2 rings (SSSR count). The SMILES string of the molecule is COC(=O)[C@@H]1CCCN1S(=O)(=O)c1ccc([N+](=O)[O-])cc1OC. The predicted octanol–water partition coefficient (Wildman–Crippen LogP) is 0.929. The molecule has 0 aromatic heterocycles. The molecule has 1 aromatic rings. The molecule has 0 amide bonds. The van der Waals surface area contributed by atoms with E-state index in [0.29, 0.717) is 12.8 Å². The Morgan fingerprint density at radius 3 is 2.65 bits per heavy atom. The van der Waals surface area contributed by atoms with E-state index in [1.807, 2.05) is 0 Å². The van der Waals surface area contributed by atoms with Crippen molar-refractivity contribution in [3.05, 3.63) is 28.3 Å². The van der Waals surface area contributed by atoms with Crippen molar-refractivity contribution in [2.75, 3.05) is 20.8 Å². The molecule has 0 radical (unpaired) electrons. The minimum atomic E-state index is -4.04. The number of non-ortho nitro benzene ring substituents is 1. The van der Waals surface area contributed by atoms with E-state index in [1.165, 1.54) is 14.2 Å². The highest BCUT2D eigenvalue weighted by atomic mass is 32.2. The van der Waals surface area contributed by atoms with E-state index in [9.17, 15) is 23.3 Å². The van der Waals surface area contributed by atoms with Crippen molar-refractivity contribution in [3.8, 4) is 5.75 Å². The molecule has 126 valence electrons. The summed E-state index contributed by atoms with van der Waals surface area (Å²) in [6, 6.07) is 2.33. The van der Waals surface area contributed by atoms with Crippen LogP contribution in [0.15, 0.2) is 23.1 Å². The van der Waals surface area contributed by atoms with Crippen molar-refractivity contribution < 1.29 is 27.6 Å². The van der Waals surface area contributed by atoms with Gasteiger partial charge in [0.2, 0.25) is 10.0 Å². The van der Waals surface area contributed by atoms with Crippen LogP contribution in [0.25, 0.3) is 0 Å². The van der Waals surface area contributed by atoms with Gasteiger partial charge in [-0.2, -0.15) is 4.31 Å². The lowest BCUT2D eigenvalue weighted by Gasteiger charge is -2.23. The van der Waals surface area contributed by atoms with Gasteiger partial charge in [-0.1, -0.05) is 0 Å². The van der Waals surface area contributed by atoms with E-state index in [0.717, 1.165) is 22.5 Å². The molecule has 0 unspecified atom stereocenters. The zero-order chi connectivity index (χ0) is 17.2. The standard InChI is InChI=1S/C13H16N2O7S/c1-21-11-8-9(15(17)18)5-6-12(11)23(19,20)14-7-3-4-10(14)13(16)22-2/h5-6,8,10H,3-4,7H2,1-2H3/t10-/m0/s1. The van der Waals surface area contributed by atoms with Crippen molar-refractivity contribution in [3.63, 3.8) is 0 Å². The second-order valence-corrected chi connectivity index (χ2v) is 6.75. The number of methoxy groups -OCH3 is 2. The van der Waals surface area contributed by atoms with Gasteiger partial charge in [-0.3, -0.25) is 14.9 Å². The third-order valence-corrected chi connectivity index (χ3v) is 5.57. The van der Waals surface area contributed by atoms with Crippen LogP contribution in [0.2, 0.25) is 0 Å². The van der Waals surface area contributed by atoms with Gasteiger partial charge < -0.3 is 9.47 Å². The van der Waals surface area contributed by atoms with Gasteiger partial charge in [-0.05, 0) is 18.9 Å². The number of nitro benzene ring substituents is 1. The maximum absolute atomic E-state index is 12.8. The lowest BCUT2D eigenvalue weighted by molar-refractivity contribution is -0.385. The van der Waals surface area contributed by atoms with Gasteiger partial charge >= 0.3 is 5.97 Å². The molecule has 23 heavy (non-hydrogen) atoms. The van der Waals surface area contributed by atoms with Crippen LogP contribution in [0.1, 0.15) is 12.8 Å². The van der Waals surface area contributed by atoms with E-state index in [-0.39, 0.29) is 22.9 Å². The number of benzene rings is 1. The van der Waals surface area contributed by atoms with Gasteiger partial charge in [-0.15, -0.1) is 0 Å². The molecule has 0 N–H and O–H groups in total. The second kappa shape index (κ2) is 6.50. The van der Waals surface area contributed by atoms with Crippen LogP contribution in [0.3, 0.4) is 0 Å². The summed E-state index contributed by atoms with van der Waals surface area (Å²) < 4.78 is 36.2. The topological polar surface area (TPSA) is 116 Å². The first-order valence-electron chi connectivity index (χ1n) is 6.75. The molecule has 1 aromatic carbocycles. The molecule has 1 aliphatic heterocycles. The highest BCUT2D eigenvalue weighted by Crippen LogP contribution is 2.34. The molecular formula is C13H16N2O7S. The lowest BCUT2D eigenvalue weighted by Crippen LogP contribution is -2.41. The Labute approximate surface area is 133 Å². The highest BCUT2D eigenvalue weighted by molar-refractivity contribution is 7.89. The first-order chi connectivity index (χ1) is 10.8. The van der Waals surface area contributed by atoms with Gasteiger partial charge in [0, 0.05) is 12.6 Å². The monoisotopic (exact) mass is 344 g/mol. The summed E-state index contributed by atoms with van der Waals surface area (Å²) in [6.45, 7) is 0.169. The summed E-state index contributed by atoms with van der Waals surface area (Å²) in [6.07, 6.45) is 0.884. The molecule has 0 spiro atoms. The van der Waals surface area contributed by atoms with Crippen LogP contribution in [0, 0.1) is 10.1 Å². The van der Waals surface area contributed by atoms with Crippen LogP contribution in [0.5, 0.6) is 5.75 Å². The minimum Gasteiger partial charge on any atom is -0.495 e. The number of nitrogens with zero attached hydrogens (tertiary/aromatic N) is 2. The van der Waals surface area contributed by atoms with Crippen molar-refractivity contribution in [2.45, 2.75) is 23.8 Å². The number of carbonyl (C=O) groups excluding carboxylic acids is 1. The molecule has 10 heteroatoms. The molecular weight excluding hydrogens is 328 g/mol. The van der Waals surface area contributed by atoms with Crippen molar-refractivity contribution in [1.82, 2.24) is 4.31 Å². The molecule has 0 aliphatic carbocycles. The third kappa shape index (κ3) is 3.13. The minimum absolute atomic E-state index is 0.144. The Hall–Kier alpha value is -2.20. The van der Waals surface area contributed by atoms with Crippen LogP contribution < -0.4 is 4.74 Å². The fourth-order valence-electron chi connectivity index (χ4n) is 2.51. The third-order valence-electron chi connectivity index (χ3n) is 3.62. The Kier molecular flexibility index (Phi) is 4.85. The first-order valence-corrected chi connectivity index (χ1v) is 8.19. The Bertz CT molecular complexity index is 732. The van der Waals surface area contributed by atoms with Crippen LogP contribution >= 0.6 is 0 Å².